The van der Waals surface area contributed by atoms with Crippen molar-refractivity contribution in [3.8, 4) is 0 Å². The largest absolute Gasteiger partial charge is 0.320 e. The highest BCUT2D eigenvalue weighted by molar-refractivity contribution is 5.97. The second kappa shape index (κ2) is 5.48. The molecule has 1 atom stereocenters. The van der Waals surface area contributed by atoms with Crippen LogP contribution in [0, 0.1) is 11.7 Å². The number of hydrogen-bond donors (Lipinski definition) is 1. The number of nitrogens with two attached hydrogens (primary N) is 1. The van der Waals surface area contributed by atoms with Crippen LogP contribution >= 0.6 is 0 Å². The van der Waals surface area contributed by atoms with Gasteiger partial charge in [0.05, 0.1) is 6.04 Å². The summed E-state index contributed by atoms with van der Waals surface area (Å²) in [5.74, 6) is 0.152. The van der Waals surface area contributed by atoms with E-state index in [1.54, 1.807) is 17.0 Å². The van der Waals surface area contributed by atoms with Gasteiger partial charge in [0.1, 0.15) is 5.82 Å². The van der Waals surface area contributed by atoms with Gasteiger partial charge in [0.25, 0.3) is 0 Å². The number of anilines is 1. The third kappa shape index (κ3) is 3.07. The molecule has 18 heavy (non-hydrogen) atoms. The first-order chi connectivity index (χ1) is 8.61. The van der Waals surface area contributed by atoms with Gasteiger partial charge < -0.3 is 10.6 Å². The summed E-state index contributed by atoms with van der Waals surface area (Å²) in [4.78, 5) is 13.8. The number of nitrogens with zero attached hydrogens (tertiary/aromatic N) is 1. The zero-order valence-electron chi connectivity index (χ0n) is 10.6. The lowest BCUT2D eigenvalue weighted by Crippen LogP contribution is -2.44. The number of carbonyl (C=O) groups is 1. The molecule has 1 aromatic rings. The molecular weight excluding hydrogens is 231 g/mol. The van der Waals surface area contributed by atoms with E-state index >= 15 is 0 Å². The Hall–Kier alpha value is -1.42. The van der Waals surface area contributed by atoms with Crippen molar-refractivity contribution in [3.63, 3.8) is 0 Å². The Bertz CT molecular complexity index is 432. The summed E-state index contributed by atoms with van der Waals surface area (Å²) in [5, 5.41) is 0. The van der Waals surface area contributed by atoms with Gasteiger partial charge in [0.15, 0.2) is 0 Å². The first-order valence-electron chi connectivity index (χ1n) is 6.44. The summed E-state index contributed by atoms with van der Waals surface area (Å²) in [7, 11) is 0. The molecule has 1 aromatic carbocycles. The average molecular weight is 250 g/mol. The van der Waals surface area contributed by atoms with Crippen molar-refractivity contribution >= 4 is 11.6 Å². The van der Waals surface area contributed by atoms with Crippen LogP contribution in [-0.2, 0) is 4.79 Å². The lowest BCUT2D eigenvalue weighted by molar-refractivity contribution is -0.120. The lowest BCUT2D eigenvalue weighted by atomic mass is 10.1. The molecule has 1 unspecified atom stereocenters. The first-order valence-corrected chi connectivity index (χ1v) is 6.44. The van der Waals surface area contributed by atoms with E-state index in [0.29, 0.717) is 18.2 Å². The van der Waals surface area contributed by atoms with Crippen molar-refractivity contribution in [1.29, 1.82) is 0 Å². The molecule has 1 amide bonds. The second-order valence-electron chi connectivity index (χ2n) is 4.85. The van der Waals surface area contributed by atoms with Gasteiger partial charge in [0.2, 0.25) is 5.91 Å². The number of carbonyl (C=O) groups excluding carboxylic acids is 1. The highest BCUT2D eigenvalue weighted by atomic mass is 19.1. The maximum atomic E-state index is 13.2. The topological polar surface area (TPSA) is 46.3 Å². The van der Waals surface area contributed by atoms with E-state index in [-0.39, 0.29) is 11.7 Å². The minimum Gasteiger partial charge on any atom is -0.320 e. The fraction of sp³-hybridized carbons (Fsp3) is 0.500. The highest BCUT2D eigenvalue weighted by Gasteiger charge is 2.29. The molecule has 1 fully saturated rings. The number of likely N-dealkylation sites (N-methyl/N-ethyl adjacent to an activating group) is 1. The minimum atomic E-state index is -0.472. The van der Waals surface area contributed by atoms with Gasteiger partial charge >= 0.3 is 0 Å². The Kier molecular flexibility index (Phi) is 3.97. The molecule has 1 saturated carbocycles. The minimum absolute atomic E-state index is 0.116. The Balaban J connectivity index is 2.09. The molecule has 0 aliphatic heterocycles. The van der Waals surface area contributed by atoms with Gasteiger partial charge in [-0.25, -0.2) is 4.39 Å². The molecule has 0 spiro atoms. The van der Waals surface area contributed by atoms with Crippen LogP contribution in [0.4, 0.5) is 10.1 Å². The van der Waals surface area contributed by atoms with Crippen molar-refractivity contribution in [3.05, 3.63) is 30.1 Å². The number of amides is 1. The maximum Gasteiger partial charge on any atom is 0.243 e. The number of halogens is 1. The van der Waals surface area contributed by atoms with Crippen LogP contribution < -0.4 is 10.6 Å². The molecule has 0 bridgehead atoms. The molecule has 2 rings (SSSR count). The smallest absolute Gasteiger partial charge is 0.243 e. The summed E-state index contributed by atoms with van der Waals surface area (Å²) in [6.45, 7) is 2.37. The summed E-state index contributed by atoms with van der Waals surface area (Å²) in [6.07, 6.45) is 3.09. The van der Waals surface area contributed by atoms with Crippen LogP contribution in [0.2, 0.25) is 0 Å². The third-order valence-corrected chi connectivity index (χ3v) is 3.30. The lowest BCUT2D eigenvalue weighted by Gasteiger charge is -2.24. The molecule has 3 nitrogen and oxygen atoms in total. The Morgan fingerprint density at radius 1 is 1.56 bits per heavy atom. The maximum absolute atomic E-state index is 13.2. The normalized spacial score (nSPS) is 16.4. The zero-order chi connectivity index (χ0) is 13.1. The molecule has 1 aliphatic carbocycles. The van der Waals surface area contributed by atoms with E-state index < -0.39 is 6.04 Å². The van der Waals surface area contributed by atoms with Crippen LogP contribution in [0.25, 0.3) is 0 Å². The van der Waals surface area contributed by atoms with E-state index in [2.05, 4.69) is 0 Å². The van der Waals surface area contributed by atoms with E-state index in [1.807, 2.05) is 6.92 Å². The molecular formula is C14H19FN2O. The van der Waals surface area contributed by atoms with E-state index in [9.17, 15) is 9.18 Å². The molecule has 2 N–H and O–H groups in total. The summed E-state index contributed by atoms with van der Waals surface area (Å²) in [5.41, 5.74) is 6.50. The number of benzene rings is 1. The van der Waals surface area contributed by atoms with Gasteiger partial charge in [-0.2, -0.15) is 0 Å². The monoisotopic (exact) mass is 250 g/mol. The van der Waals surface area contributed by atoms with Crippen LogP contribution in [-0.4, -0.2) is 18.5 Å². The van der Waals surface area contributed by atoms with Gasteiger partial charge in [-0.1, -0.05) is 18.9 Å². The molecule has 0 saturated heterocycles. The standard InChI is InChI=1S/C14H19FN2O/c1-2-17(12-5-3-4-11(15)9-12)14(18)13(16)8-10-6-7-10/h3-5,9-10,13H,2,6-8,16H2,1H3. The quantitative estimate of drug-likeness (QED) is 0.871. The molecule has 98 valence electrons. The SMILES string of the molecule is CCN(C(=O)C(N)CC1CC1)c1cccc(F)c1. The predicted molar refractivity (Wildman–Crippen MR) is 69.7 cm³/mol. The van der Waals surface area contributed by atoms with Crippen molar-refractivity contribution in [2.24, 2.45) is 11.7 Å². The first kappa shape index (κ1) is 13.0. The van der Waals surface area contributed by atoms with Crippen LogP contribution in [0.15, 0.2) is 24.3 Å². The van der Waals surface area contributed by atoms with Gasteiger partial charge in [-0.05, 0) is 37.5 Å². The Morgan fingerprint density at radius 2 is 2.28 bits per heavy atom. The van der Waals surface area contributed by atoms with Gasteiger partial charge in [-0.3, -0.25) is 4.79 Å². The van der Waals surface area contributed by atoms with Crippen molar-refractivity contribution < 1.29 is 9.18 Å². The molecule has 0 aromatic heterocycles. The van der Waals surface area contributed by atoms with Crippen LogP contribution in [0.1, 0.15) is 26.2 Å². The van der Waals surface area contributed by atoms with Gasteiger partial charge in [-0.15, -0.1) is 0 Å². The predicted octanol–water partition coefficient (Wildman–Crippen LogP) is 2.31. The molecule has 4 heteroatoms. The summed E-state index contributed by atoms with van der Waals surface area (Å²) >= 11 is 0. The highest BCUT2D eigenvalue weighted by Crippen LogP contribution is 2.33. The zero-order valence-corrected chi connectivity index (χ0v) is 10.6. The fourth-order valence-corrected chi connectivity index (χ4v) is 2.12. The Labute approximate surface area is 107 Å². The number of hydrogen-bond acceptors (Lipinski definition) is 2. The fourth-order valence-electron chi connectivity index (χ4n) is 2.12. The molecule has 0 heterocycles. The van der Waals surface area contributed by atoms with Crippen molar-refractivity contribution in [1.82, 2.24) is 0 Å². The second-order valence-corrected chi connectivity index (χ2v) is 4.85. The molecule has 1 aliphatic rings. The van der Waals surface area contributed by atoms with E-state index in [1.165, 1.54) is 25.0 Å². The molecule has 0 radical (unpaired) electrons. The summed E-state index contributed by atoms with van der Waals surface area (Å²) < 4.78 is 13.2. The summed E-state index contributed by atoms with van der Waals surface area (Å²) in [6, 6.07) is 5.60. The van der Waals surface area contributed by atoms with Gasteiger partial charge in [0, 0.05) is 12.2 Å². The van der Waals surface area contributed by atoms with Crippen LogP contribution in [0.5, 0.6) is 0 Å². The van der Waals surface area contributed by atoms with Crippen molar-refractivity contribution in [2.45, 2.75) is 32.2 Å². The van der Waals surface area contributed by atoms with Crippen molar-refractivity contribution in [2.75, 3.05) is 11.4 Å². The van der Waals surface area contributed by atoms with E-state index in [4.69, 9.17) is 5.73 Å². The Morgan fingerprint density at radius 3 is 2.83 bits per heavy atom. The average Bonchev–Trinajstić information content (AvgIpc) is 3.14. The van der Waals surface area contributed by atoms with E-state index in [0.717, 1.165) is 6.42 Å². The van der Waals surface area contributed by atoms with Crippen LogP contribution in [0.3, 0.4) is 0 Å². The number of rotatable bonds is 5. The third-order valence-electron chi connectivity index (χ3n) is 3.30.